The molecule has 1 aromatic rings. The first kappa shape index (κ1) is 40.1. The number of carbonyl (C=O) groups excluding carboxylic acids is 1. The van der Waals surface area contributed by atoms with Gasteiger partial charge in [0, 0.05) is 29.6 Å². The lowest BCUT2D eigenvalue weighted by atomic mass is 9.45. The molecule has 52 heavy (non-hydrogen) atoms. The van der Waals surface area contributed by atoms with Crippen molar-refractivity contribution in [3.8, 4) is 0 Å². The predicted molar refractivity (Wildman–Crippen MR) is 206 cm³/mol. The Hall–Kier alpha value is -1.58. The molecular weight excluding hydrogens is 693 g/mol. The molecule has 1 N–H and O–H groups in total. The summed E-state index contributed by atoms with van der Waals surface area (Å²) in [5, 5.41) is 12.8. The standard InChI is InChI=1S/C41H66O9Si2/c1-13-52(14-2,15-3)50-30-22-39(10)31(46-26-44-24-28-19-17-16-18-20-28)21-32-40(43,25-45-32)34(39)35-41(48-36(42)47-35)23-29(27(4)33(30)38(41,8)9)49-51(11,12)37(5,6)7/h16-20,29-32,34-35,43H,13-15,21-26H2,1-12H3/t29-,30+,31-,32+,34-,35-,39+,40-,41+/m0/s1. The summed E-state index contributed by atoms with van der Waals surface area (Å²) in [4.78, 5) is 13.7. The molecule has 4 fully saturated rings. The molecule has 3 aliphatic carbocycles. The number of fused-ring (bicyclic) bond motifs is 5. The zero-order chi connectivity index (χ0) is 38.1. The molecule has 2 saturated heterocycles. The van der Waals surface area contributed by atoms with Crippen LogP contribution in [0.2, 0.25) is 36.3 Å². The highest BCUT2D eigenvalue weighted by molar-refractivity contribution is 6.74. The van der Waals surface area contributed by atoms with Crippen molar-refractivity contribution in [2.24, 2.45) is 16.7 Å². The maximum Gasteiger partial charge on any atom is 0.509 e. The van der Waals surface area contributed by atoms with Crippen LogP contribution in [-0.2, 0) is 39.1 Å². The Morgan fingerprint density at radius 1 is 0.962 bits per heavy atom. The minimum Gasteiger partial charge on any atom is -0.426 e. The van der Waals surface area contributed by atoms with Crippen LogP contribution in [0, 0.1) is 16.7 Å². The van der Waals surface area contributed by atoms with E-state index in [1.54, 1.807) is 0 Å². The van der Waals surface area contributed by atoms with Gasteiger partial charge in [0.1, 0.15) is 12.4 Å². The Labute approximate surface area is 314 Å². The average molecular weight is 759 g/mol. The highest BCUT2D eigenvalue weighted by atomic mass is 28.4. The minimum absolute atomic E-state index is 0.0295. The molecule has 2 aliphatic heterocycles. The molecule has 5 aliphatic rings. The first-order chi connectivity index (χ1) is 24.2. The summed E-state index contributed by atoms with van der Waals surface area (Å²) < 4.78 is 47.0. The SMILES string of the molecule is CC[Si](CC)(CC)O[C@@H]1C[C@]2(C)[C@@H](OCOCc3ccccc3)C[C@H]3OC[C@@]3(O)[C@H]2[C@@H]2OC(=O)O[C@]23C[C@H](O[Si](C)(C)C(C)(C)C)C(C)=C1C3(C)C. The molecule has 2 heterocycles. The molecule has 0 unspecified atom stereocenters. The molecule has 1 spiro atoms. The number of rotatable bonds is 12. The second-order valence-corrected chi connectivity index (χ2v) is 28.2. The van der Waals surface area contributed by atoms with Gasteiger partial charge in [0.2, 0.25) is 0 Å². The minimum atomic E-state index is -2.29. The van der Waals surface area contributed by atoms with E-state index in [-0.39, 0.29) is 36.7 Å². The van der Waals surface area contributed by atoms with Gasteiger partial charge in [-0.3, -0.25) is 0 Å². The van der Waals surface area contributed by atoms with Gasteiger partial charge in [-0.1, -0.05) is 92.6 Å². The summed E-state index contributed by atoms with van der Waals surface area (Å²) in [6, 6.07) is 13.0. The Morgan fingerprint density at radius 3 is 2.19 bits per heavy atom. The molecule has 1 aromatic carbocycles. The normalized spacial score (nSPS) is 37.1. The molecular formula is C41H66O9Si2. The van der Waals surface area contributed by atoms with Crippen molar-refractivity contribution in [1.29, 1.82) is 0 Å². The van der Waals surface area contributed by atoms with Crippen LogP contribution in [0.15, 0.2) is 41.5 Å². The lowest BCUT2D eigenvalue weighted by molar-refractivity contribution is -0.350. The predicted octanol–water partition coefficient (Wildman–Crippen LogP) is 8.91. The van der Waals surface area contributed by atoms with E-state index in [9.17, 15) is 9.90 Å². The van der Waals surface area contributed by atoms with Crippen molar-refractivity contribution < 1.29 is 42.4 Å². The molecule has 9 nitrogen and oxygen atoms in total. The second kappa shape index (κ2) is 13.9. The Morgan fingerprint density at radius 2 is 1.62 bits per heavy atom. The van der Waals surface area contributed by atoms with E-state index >= 15 is 0 Å². The summed E-state index contributed by atoms with van der Waals surface area (Å²) in [5.41, 5.74) is -0.381. The van der Waals surface area contributed by atoms with Crippen molar-refractivity contribution in [2.45, 2.75) is 173 Å². The van der Waals surface area contributed by atoms with Crippen LogP contribution in [-0.4, -0.2) is 83.0 Å². The summed E-state index contributed by atoms with van der Waals surface area (Å²) in [6.45, 7) is 27.6. The van der Waals surface area contributed by atoms with E-state index in [2.05, 4.69) is 82.3 Å². The lowest BCUT2D eigenvalue weighted by Gasteiger charge is -2.67. The third-order valence-corrected chi connectivity index (χ3v) is 24.0. The van der Waals surface area contributed by atoms with Gasteiger partial charge in [0.25, 0.3) is 0 Å². The maximum atomic E-state index is 13.7. The lowest BCUT2D eigenvalue weighted by Crippen LogP contribution is -2.78. The van der Waals surface area contributed by atoms with E-state index < -0.39 is 62.9 Å². The van der Waals surface area contributed by atoms with Crippen LogP contribution < -0.4 is 0 Å². The molecule has 2 saturated carbocycles. The van der Waals surface area contributed by atoms with Crippen LogP contribution in [0.4, 0.5) is 4.79 Å². The van der Waals surface area contributed by atoms with Crippen molar-refractivity contribution in [3.63, 3.8) is 0 Å². The second-order valence-electron chi connectivity index (χ2n) is 18.7. The van der Waals surface area contributed by atoms with Gasteiger partial charge in [0.05, 0.1) is 37.6 Å². The van der Waals surface area contributed by atoms with Gasteiger partial charge in [-0.15, -0.1) is 0 Å². The molecule has 292 valence electrons. The Bertz CT molecular complexity index is 1490. The summed E-state index contributed by atoms with van der Waals surface area (Å²) >= 11 is 0. The van der Waals surface area contributed by atoms with Crippen molar-refractivity contribution in [3.05, 3.63) is 47.0 Å². The third kappa shape index (κ3) is 6.31. The highest BCUT2D eigenvalue weighted by Crippen LogP contribution is 2.67. The number of carbonyl (C=O) groups is 1. The van der Waals surface area contributed by atoms with Gasteiger partial charge in [0.15, 0.2) is 28.3 Å². The number of benzene rings is 1. The van der Waals surface area contributed by atoms with Crippen molar-refractivity contribution >= 4 is 22.8 Å². The van der Waals surface area contributed by atoms with E-state index in [4.69, 9.17) is 32.5 Å². The first-order valence-electron chi connectivity index (χ1n) is 19.8. The quantitative estimate of drug-likeness (QED) is 0.0736. The van der Waals surface area contributed by atoms with Crippen LogP contribution in [0.5, 0.6) is 0 Å². The fourth-order valence-electron chi connectivity index (χ4n) is 10.4. The average Bonchev–Trinajstić information content (AvgIpc) is 3.40. The Kier molecular flexibility index (Phi) is 10.7. The molecule has 6 rings (SSSR count). The molecule has 0 aromatic heterocycles. The molecule has 11 heteroatoms. The fourth-order valence-corrected chi connectivity index (χ4v) is 14.5. The van der Waals surface area contributed by atoms with E-state index in [0.717, 1.165) is 29.3 Å². The van der Waals surface area contributed by atoms with E-state index in [1.807, 2.05) is 30.3 Å². The number of hydrogen-bond acceptors (Lipinski definition) is 9. The zero-order valence-corrected chi connectivity index (χ0v) is 35.9. The number of ether oxygens (including phenoxy) is 5. The smallest absolute Gasteiger partial charge is 0.426 e. The zero-order valence-electron chi connectivity index (χ0n) is 33.9. The topological polar surface area (TPSA) is 102 Å². The molecule has 0 amide bonds. The number of hydrogen-bond donors (Lipinski definition) is 1. The van der Waals surface area contributed by atoms with Crippen molar-refractivity contribution in [2.75, 3.05) is 13.4 Å². The van der Waals surface area contributed by atoms with Crippen molar-refractivity contribution in [1.82, 2.24) is 0 Å². The molecule has 9 atom stereocenters. The van der Waals surface area contributed by atoms with Crippen LogP contribution in [0.25, 0.3) is 0 Å². The molecule has 2 bridgehead atoms. The molecule has 0 radical (unpaired) electrons. The van der Waals surface area contributed by atoms with Crippen LogP contribution in [0.1, 0.15) is 94.1 Å². The van der Waals surface area contributed by atoms with E-state index in [1.165, 1.54) is 5.57 Å². The van der Waals surface area contributed by atoms with Gasteiger partial charge in [-0.2, -0.15) is 0 Å². The number of aliphatic hydroxyl groups is 1. The van der Waals surface area contributed by atoms with Crippen LogP contribution >= 0.6 is 0 Å². The summed E-state index contributed by atoms with van der Waals surface area (Å²) in [5.74, 6) is -0.558. The summed E-state index contributed by atoms with van der Waals surface area (Å²) in [6.07, 6.45) is -1.41. The van der Waals surface area contributed by atoms with Gasteiger partial charge < -0.3 is 37.6 Å². The van der Waals surface area contributed by atoms with E-state index in [0.29, 0.717) is 25.9 Å². The monoisotopic (exact) mass is 758 g/mol. The van der Waals surface area contributed by atoms with Crippen LogP contribution in [0.3, 0.4) is 0 Å². The largest absolute Gasteiger partial charge is 0.509 e. The van der Waals surface area contributed by atoms with Gasteiger partial charge in [-0.05, 0) is 66.3 Å². The third-order valence-electron chi connectivity index (χ3n) is 14.8. The highest BCUT2D eigenvalue weighted by Gasteiger charge is 2.77. The van der Waals surface area contributed by atoms with Gasteiger partial charge in [-0.25, -0.2) is 4.79 Å². The van der Waals surface area contributed by atoms with Gasteiger partial charge >= 0.3 is 6.16 Å². The Balaban J connectivity index is 1.51. The maximum absolute atomic E-state index is 13.7. The fraction of sp³-hybridized carbons (Fsp3) is 0.780. The summed E-state index contributed by atoms with van der Waals surface area (Å²) in [7, 11) is -4.51. The first-order valence-corrected chi connectivity index (χ1v) is 25.2.